The normalized spacial score (nSPS) is 28.6. The average Bonchev–Trinajstić information content (AvgIpc) is 2.75. The molecule has 1 fully saturated rings. The SMILES string of the molecule is CC1CCC(C(=O)c2ccnn2C)(N(C)C)CC1. The third kappa shape index (κ3) is 2.09. The Balaban J connectivity index is 2.31. The number of hydrogen-bond donors (Lipinski definition) is 0. The van der Waals surface area contributed by atoms with Crippen molar-refractivity contribution in [2.75, 3.05) is 14.1 Å². The number of rotatable bonds is 3. The van der Waals surface area contributed by atoms with Gasteiger partial charge in [-0.1, -0.05) is 6.92 Å². The summed E-state index contributed by atoms with van der Waals surface area (Å²) in [5.74, 6) is 0.955. The first-order chi connectivity index (χ1) is 8.47. The van der Waals surface area contributed by atoms with Crippen LogP contribution in [-0.2, 0) is 7.05 Å². The summed E-state index contributed by atoms with van der Waals surface area (Å²) in [6.45, 7) is 2.27. The lowest BCUT2D eigenvalue weighted by molar-refractivity contribution is 0.0503. The molecule has 1 aromatic heterocycles. The second-order valence-corrected chi connectivity index (χ2v) is 5.78. The van der Waals surface area contributed by atoms with Crippen LogP contribution in [-0.4, -0.2) is 40.1 Å². The molecule has 0 unspecified atom stereocenters. The standard InChI is InChI=1S/C14H23N3O/c1-11-5-8-14(9-6-11,16(2)3)13(18)12-7-10-15-17(12)4/h7,10-11H,5-6,8-9H2,1-4H3. The fraction of sp³-hybridized carbons (Fsp3) is 0.714. The van der Waals surface area contributed by atoms with Crippen LogP contribution in [0.1, 0.15) is 43.1 Å². The van der Waals surface area contributed by atoms with E-state index in [1.807, 2.05) is 27.2 Å². The van der Waals surface area contributed by atoms with Crippen molar-refractivity contribution in [3.63, 3.8) is 0 Å². The summed E-state index contributed by atoms with van der Waals surface area (Å²) in [5.41, 5.74) is 0.388. The minimum absolute atomic E-state index is 0.222. The molecule has 0 atom stereocenters. The van der Waals surface area contributed by atoms with Gasteiger partial charge in [-0.3, -0.25) is 14.4 Å². The molecule has 0 radical (unpaired) electrons. The molecule has 1 saturated carbocycles. The molecule has 0 amide bonds. The highest BCUT2D eigenvalue weighted by Crippen LogP contribution is 2.37. The van der Waals surface area contributed by atoms with E-state index in [-0.39, 0.29) is 11.3 Å². The summed E-state index contributed by atoms with van der Waals surface area (Å²) in [6.07, 6.45) is 5.85. The number of likely N-dealkylation sites (N-methyl/N-ethyl adjacent to an activating group) is 1. The first kappa shape index (κ1) is 13.3. The third-order valence-electron chi connectivity index (χ3n) is 4.43. The van der Waals surface area contributed by atoms with Gasteiger partial charge in [0.1, 0.15) is 5.69 Å². The van der Waals surface area contributed by atoms with Gasteiger partial charge in [-0.2, -0.15) is 5.10 Å². The second kappa shape index (κ2) is 4.84. The Morgan fingerprint density at radius 1 is 1.44 bits per heavy atom. The molecule has 0 saturated heterocycles. The van der Waals surface area contributed by atoms with E-state index in [0.29, 0.717) is 0 Å². The summed E-state index contributed by atoms with van der Waals surface area (Å²) in [7, 11) is 5.87. The van der Waals surface area contributed by atoms with Gasteiger partial charge in [0.05, 0.1) is 5.54 Å². The molecule has 0 bridgehead atoms. The van der Waals surface area contributed by atoms with Crippen LogP contribution in [0.3, 0.4) is 0 Å². The maximum Gasteiger partial charge on any atom is 0.200 e. The monoisotopic (exact) mass is 249 g/mol. The molecule has 4 heteroatoms. The third-order valence-corrected chi connectivity index (χ3v) is 4.43. The molecule has 100 valence electrons. The van der Waals surface area contributed by atoms with Crippen LogP contribution in [0.15, 0.2) is 12.3 Å². The molecule has 0 aromatic carbocycles. The van der Waals surface area contributed by atoms with Crippen LogP contribution in [0, 0.1) is 5.92 Å². The Labute approximate surface area is 109 Å². The molecule has 18 heavy (non-hydrogen) atoms. The first-order valence-electron chi connectivity index (χ1n) is 6.67. The van der Waals surface area contributed by atoms with E-state index in [4.69, 9.17) is 0 Å². The van der Waals surface area contributed by atoms with Crippen molar-refractivity contribution < 1.29 is 4.79 Å². The van der Waals surface area contributed by atoms with Crippen molar-refractivity contribution in [2.45, 2.75) is 38.1 Å². The van der Waals surface area contributed by atoms with E-state index in [1.54, 1.807) is 10.9 Å². The zero-order valence-electron chi connectivity index (χ0n) is 11.8. The number of nitrogens with zero attached hydrogens (tertiary/aromatic N) is 3. The van der Waals surface area contributed by atoms with Gasteiger partial charge in [0.2, 0.25) is 5.78 Å². The lowest BCUT2D eigenvalue weighted by atomic mass is 9.73. The molecule has 0 N–H and O–H groups in total. The van der Waals surface area contributed by atoms with Gasteiger partial charge in [-0.05, 0) is 51.8 Å². The van der Waals surface area contributed by atoms with Gasteiger partial charge in [0.15, 0.2) is 0 Å². The van der Waals surface area contributed by atoms with E-state index in [2.05, 4.69) is 16.9 Å². The summed E-state index contributed by atoms with van der Waals surface area (Å²) >= 11 is 0. The van der Waals surface area contributed by atoms with Crippen LogP contribution in [0.5, 0.6) is 0 Å². The highest BCUT2D eigenvalue weighted by atomic mass is 16.1. The lowest BCUT2D eigenvalue weighted by Crippen LogP contribution is -2.53. The predicted molar refractivity (Wildman–Crippen MR) is 71.6 cm³/mol. The zero-order valence-corrected chi connectivity index (χ0v) is 11.8. The zero-order chi connectivity index (χ0) is 13.3. The van der Waals surface area contributed by atoms with Crippen molar-refractivity contribution in [3.05, 3.63) is 18.0 Å². The Bertz CT molecular complexity index is 428. The number of carbonyl (C=O) groups excluding carboxylic acids is 1. The van der Waals surface area contributed by atoms with Crippen LogP contribution in [0.25, 0.3) is 0 Å². The molecular formula is C14H23N3O. The molecule has 0 spiro atoms. The van der Waals surface area contributed by atoms with Crippen molar-refractivity contribution in [3.8, 4) is 0 Å². The van der Waals surface area contributed by atoms with E-state index in [9.17, 15) is 4.79 Å². The average molecular weight is 249 g/mol. The van der Waals surface area contributed by atoms with Gasteiger partial charge in [0, 0.05) is 13.2 Å². The van der Waals surface area contributed by atoms with E-state index in [1.165, 1.54) is 0 Å². The molecule has 0 aliphatic heterocycles. The summed E-state index contributed by atoms with van der Waals surface area (Å²) in [5, 5.41) is 4.12. The number of ketones is 1. The quantitative estimate of drug-likeness (QED) is 0.770. The second-order valence-electron chi connectivity index (χ2n) is 5.78. The fourth-order valence-electron chi connectivity index (χ4n) is 2.95. The molecule has 4 nitrogen and oxygen atoms in total. The number of aryl methyl sites for hydroxylation is 1. The first-order valence-corrected chi connectivity index (χ1v) is 6.67. The molecule has 1 heterocycles. The fourth-order valence-corrected chi connectivity index (χ4v) is 2.95. The molecule has 1 aromatic rings. The van der Waals surface area contributed by atoms with Crippen LogP contribution >= 0.6 is 0 Å². The van der Waals surface area contributed by atoms with Gasteiger partial charge < -0.3 is 0 Å². The van der Waals surface area contributed by atoms with E-state index < -0.39 is 0 Å². The van der Waals surface area contributed by atoms with Crippen LogP contribution < -0.4 is 0 Å². The number of aromatic nitrogens is 2. The lowest BCUT2D eigenvalue weighted by Gasteiger charge is -2.43. The number of carbonyl (C=O) groups is 1. The van der Waals surface area contributed by atoms with Crippen LogP contribution in [0.2, 0.25) is 0 Å². The smallest absolute Gasteiger partial charge is 0.200 e. The van der Waals surface area contributed by atoms with Crippen molar-refractivity contribution >= 4 is 5.78 Å². The minimum Gasteiger partial charge on any atom is -0.297 e. The topological polar surface area (TPSA) is 38.1 Å². The summed E-state index contributed by atoms with van der Waals surface area (Å²) in [6, 6.07) is 1.83. The van der Waals surface area contributed by atoms with Crippen molar-refractivity contribution in [2.24, 2.45) is 13.0 Å². The number of hydrogen-bond acceptors (Lipinski definition) is 3. The Kier molecular flexibility index (Phi) is 3.57. The summed E-state index contributed by atoms with van der Waals surface area (Å²) in [4.78, 5) is 15.0. The molecular weight excluding hydrogens is 226 g/mol. The maximum atomic E-state index is 12.8. The number of Topliss-reactive ketones (excluding diaryl/α,β-unsaturated/α-hetero) is 1. The van der Waals surface area contributed by atoms with Crippen molar-refractivity contribution in [1.82, 2.24) is 14.7 Å². The molecule has 2 rings (SSSR count). The van der Waals surface area contributed by atoms with Gasteiger partial charge in [0.25, 0.3) is 0 Å². The maximum absolute atomic E-state index is 12.8. The predicted octanol–water partition coefficient (Wildman–Crippen LogP) is 2.11. The Hall–Kier alpha value is -1.16. The Morgan fingerprint density at radius 2 is 2.06 bits per heavy atom. The molecule has 1 aliphatic carbocycles. The van der Waals surface area contributed by atoms with E-state index >= 15 is 0 Å². The van der Waals surface area contributed by atoms with E-state index in [0.717, 1.165) is 37.3 Å². The minimum atomic E-state index is -0.333. The highest BCUT2D eigenvalue weighted by Gasteiger charge is 2.44. The van der Waals surface area contributed by atoms with Gasteiger partial charge in [-0.25, -0.2) is 0 Å². The highest BCUT2D eigenvalue weighted by molar-refractivity contribution is 6.02. The largest absolute Gasteiger partial charge is 0.297 e. The Morgan fingerprint density at radius 3 is 2.50 bits per heavy atom. The van der Waals surface area contributed by atoms with Gasteiger partial charge in [-0.15, -0.1) is 0 Å². The van der Waals surface area contributed by atoms with Gasteiger partial charge >= 0.3 is 0 Å². The molecule has 1 aliphatic rings. The van der Waals surface area contributed by atoms with Crippen molar-refractivity contribution in [1.29, 1.82) is 0 Å². The summed E-state index contributed by atoms with van der Waals surface area (Å²) < 4.78 is 1.69. The van der Waals surface area contributed by atoms with Crippen LogP contribution in [0.4, 0.5) is 0 Å².